The van der Waals surface area contributed by atoms with Gasteiger partial charge < -0.3 is 10.4 Å². The van der Waals surface area contributed by atoms with Gasteiger partial charge in [-0.15, -0.1) is 0 Å². The highest BCUT2D eigenvalue weighted by Gasteiger charge is 2.12. The first-order valence-corrected chi connectivity index (χ1v) is 9.66. The Morgan fingerprint density at radius 2 is 2.00 bits per heavy atom. The molecule has 0 aliphatic carbocycles. The first-order valence-electron chi connectivity index (χ1n) is 7.77. The fourth-order valence-electron chi connectivity index (χ4n) is 2.17. The monoisotopic (exact) mass is 342 g/mol. The Labute approximate surface area is 138 Å². The van der Waals surface area contributed by atoms with Crippen LogP contribution in [0.5, 0.6) is 0 Å². The standard InChI is InChI=1S/C16H26N2O4S/c1-4-5-6-7-14(19)11-16(20)17-13-9-8-12(2)15(10-13)18-23(3,21)22/h8-10,14,18-19H,4-7,11H2,1-3H3,(H,17,20)/t14-/m0/s1. The molecule has 0 aliphatic heterocycles. The molecule has 0 heterocycles. The summed E-state index contributed by atoms with van der Waals surface area (Å²) >= 11 is 0. The summed E-state index contributed by atoms with van der Waals surface area (Å²) in [5.41, 5.74) is 1.68. The van der Waals surface area contributed by atoms with Crippen LogP contribution in [0.1, 0.15) is 44.6 Å². The number of hydrogen-bond acceptors (Lipinski definition) is 4. The zero-order valence-electron chi connectivity index (χ0n) is 13.9. The number of aliphatic hydroxyl groups excluding tert-OH is 1. The SMILES string of the molecule is CCCCC[C@H](O)CC(=O)Nc1ccc(C)c(NS(C)(=O)=O)c1. The molecule has 0 aromatic heterocycles. The second-order valence-corrected chi connectivity index (χ2v) is 7.55. The average Bonchev–Trinajstić information content (AvgIpc) is 2.41. The van der Waals surface area contributed by atoms with Crippen LogP contribution in [0.3, 0.4) is 0 Å². The molecule has 130 valence electrons. The van der Waals surface area contributed by atoms with E-state index in [9.17, 15) is 18.3 Å². The molecular formula is C16H26N2O4S. The molecule has 1 amide bonds. The summed E-state index contributed by atoms with van der Waals surface area (Å²) < 4.78 is 25.1. The number of aryl methyl sites for hydroxylation is 1. The van der Waals surface area contributed by atoms with E-state index >= 15 is 0 Å². The Morgan fingerprint density at radius 3 is 2.61 bits per heavy atom. The van der Waals surface area contributed by atoms with Gasteiger partial charge in [0.1, 0.15) is 0 Å². The third kappa shape index (κ3) is 7.99. The number of sulfonamides is 1. The lowest BCUT2D eigenvalue weighted by atomic mass is 10.1. The molecule has 0 saturated heterocycles. The number of nitrogens with one attached hydrogen (secondary N) is 2. The van der Waals surface area contributed by atoms with E-state index in [1.807, 2.05) is 0 Å². The van der Waals surface area contributed by atoms with Crippen molar-refractivity contribution in [2.75, 3.05) is 16.3 Å². The number of benzene rings is 1. The predicted octanol–water partition coefficient (Wildman–Crippen LogP) is 2.64. The number of amides is 1. The van der Waals surface area contributed by atoms with Crippen molar-refractivity contribution >= 4 is 27.3 Å². The van der Waals surface area contributed by atoms with Gasteiger partial charge in [-0.25, -0.2) is 8.42 Å². The van der Waals surface area contributed by atoms with Crippen LogP contribution < -0.4 is 10.0 Å². The number of hydrogen-bond donors (Lipinski definition) is 3. The van der Waals surface area contributed by atoms with Gasteiger partial charge in [0.05, 0.1) is 24.5 Å². The van der Waals surface area contributed by atoms with Crippen LogP contribution in [-0.4, -0.2) is 31.8 Å². The number of carbonyl (C=O) groups is 1. The van der Waals surface area contributed by atoms with E-state index in [-0.39, 0.29) is 12.3 Å². The quantitative estimate of drug-likeness (QED) is 0.601. The Hall–Kier alpha value is -1.60. The third-order valence-electron chi connectivity index (χ3n) is 3.38. The highest BCUT2D eigenvalue weighted by atomic mass is 32.2. The molecule has 0 radical (unpaired) electrons. The van der Waals surface area contributed by atoms with Crippen molar-refractivity contribution in [3.8, 4) is 0 Å². The number of unbranched alkanes of at least 4 members (excludes halogenated alkanes) is 2. The van der Waals surface area contributed by atoms with Gasteiger partial charge in [0.25, 0.3) is 0 Å². The third-order valence-corrected chi connectivity index (χ3v) is 3.97. The summed E-state index contributed by atoms with van der Waals surface area (Å²) in [6.45, 7) is 3.86. The minimum atomic E-state index is -3.38. The molecule has 0 unspecified atom stereocenters. The predicted molar refractivity (Wildman–Crippen MR) is 93.0 cm³/mol. The second kappa shape index (κ2) is 8.88. The molecule has 3 N–H and O–H groups in total. The maximum Gasteiger partial charge on any atom is 0.229 e. The van der Waals surface area contributed by atoms with Gasteiger partial charge in [-0.05, 0) is 31.0 Å². The Morgan fingerprint density at radius 1 is 1.30 bits per heavy atom. The molecule has 0 bridgehead atoms. The van der Waals surface area contributed by atoms with E-state index in [0.717, 1.165) is 31.1 Å². The number of rotatable bonds is 9. The van der Waals surface area contributed by atoms with E-state index in [1.165, 1.54) is 0 Å². The van der Waals surface area contributed by atoms with Gasteiger partial charge >= 0.3 is 0 Å². The Kier molecular flexibility index (Phi) is 7.51. The highest BCUT2D eigenvalue weighted by molar-refractivity contribution is 7.92. The van der Waals surface area contributed by atoms with Gasteiger partial charge in [-0.3, -0.25) is 9.52 Å². The first kappa shape index (κ1) is 19.4. The molecule has 1 rings (SSSR count). The molecule has 0 aliphatic rings. The van der Waals surface area contributed by atoms with Crippen molar-refractivity contribution in [1.29, 1.82) is 0 Å². The van der Waals surface area contributed by atoms with Gasteiger partial charge in [0.2, 0.25) is 15.9 Å². The van der Waals surface area contributed by atoms with Crippen LogP contribution in [0.25, 0.3) is 0 Å². The maximum atomic E-state index is 11.9. The van der Waals surface area contributed by atoms with Gasteiger partial charge in [-0.2, -0.15) is 0 Å². The molecule has 0 saturated carbocycles. The Balaban J connectivity index is 2.63. The topological polar surface area (TPSA) is 95.5 Å². The van der Waals surface area contributed by atoms with E-state index in [2.05, 4.69) is 17.0 Å². The minimum absolute atomic E-state index is 0.0342. The van der Waals surface area contributed by atoms with E-state index in [0.29, 0.717) is 17.8 Å². The molecule has 1 atom stereocenters. The maximum absolute atomic E-state index is 11.9. The van der Waals surface area contributed by atoms with Crippen molar-refractivity contribution in [1.82, 2.24) is 0 Å². The fourth-order valence-corrected chi connectivity index (χ4v) is 2.79. The molecular weight excluding hydrogens is 316 g/mol. The number of aliphatic hydroxyl groups is 1. The van der Waals surface area contributed by atoms with Gasteiger partial charge in [0, 0.05) is 5.69 Å². The summed E-state index contributed by atoms with van der Waals surface area (Å²) in [5, 5.41) is 12.5. The van der Waals surface area contributed by atoms with Crippen molar-refractivity contribution in [3.05, 3.63) is 23.8 Å². The van der Waals surface area contributed by atoms with Crippen LogP contribution >= 0.6 is 0 Å². The molecule has 1 aromatic rings. The smallest absolute Gasteiger partial charge is 0.229 e. The zero-order chi connectivity index (χ0) is 17.5. The average molecular weight is 342 g/mol. The van der Waals surface area contributed by atoms with Crippen molar-refractivity contribution in [2.24, 2.45) is 0 Å². The van der Waals surface area contributed by atoms with Crippen LogP contribution in [-0.2, 0) is 14.8 Å². The van der Waals surface area contributed by atoms with Crippen molar-refractivity contribution < 1.29 is 18.3 Å². The Bertz CT molecular complexity index is 629. The van der Waals surface area contributed by atoms with Crippen LogP contribution in [0, 0.1) is 6.92 Å². The molecule has 23 heavy (non-hydrogen) atoms. The molecule has 1 aromatic carbocycles. The summed E-state index contributed by atoms with van der Waals surface area (Å²) in [4.78, 5) is 11.9. The summed E-state index contributed by atoms with van der Waals surface area (Å²) in [5.74, 6) is -0.289. The first-order chi connectivity index (χ1) is 10.7. The zero-order valence-corrected chi connectivity index (χ0v) is 14.7. The number of carbonyl (C=O) groups excluding carboxylic acids is 1. The van der Waals surface area contributed by atoms with Crippen molar-refractivity contribution in [3.63, 3.8) is 0 Å². The molecule has 7 heteroatoms. The summed E-state index contributed by atoms with van der Waals surface area (Å²) in [7, 11) is -3.38. The number of anilines is 2. The molecule has 0 spiro atoms. The fraction of sp³-hybridized carbons (Fsp3) is 0.562. The lowest BCUT2D eigenvalue weighted by Crippen LogP contribution is -2.20. The van der Waals surface area contributed by atoms with Gasteiger partial charge in [0.15, 0.2) is 0 Å². The van der Waals surface area contributed by atoms with Crippen LogP contribution in [0.2, 0.25) is 0 Å². The molecule has 6 nitrogen and oxygen atoms in total. The summed E-state index contributed by atoms with van der Waals surface area (Å²) in [6, 6.07) is 4.99. The lowest BCUT2D eigenvalue weighted by Gasteiger charge is -2.13. The van der Waals surface area contributed by atoms with E-state index in [1.54, 1.807) is 25.1 Å². The largest absolute Gasteiger partial charge is 0.393 e. The molecule has 0 fully saturated rings. The normalized spacial score (nSPS) is 12.7. The van der Waals surface area contributed by atoms with Crippen LogP contribution in [0.4, 0.5) is 11.4 Å². The van der Waals surface area contributed by atoms with E-state index in [4.69, 9.17) is 0 Å². The highest BCUT2D eigenvalue weighted by Crippen LogP contribution is 2.21. The van der Waals surface area contributed by atoms with E-state index < -0.39 is 16.1 Å². The van der Waals surface area contributed by atoms with Crippen molar-refractivity contribution in [2.45, 2.75) is 52.1 Å². The van der Waals surface area contributed by atoms with Crippen LogP contribution in [0.15, 0.2) is 18.2 Å². The van der Waals surface area contributed by atoms with Gasteiger partial charge in [-0.1, -0.05) is 32.3 Å². The summed E-state index contributed by atoms with van der Waals surface area (Å²) in [6.07, 6.45) is 4.07. The lowest BCUT2D eigenvalue weighted by molar-refractivity contribution is -0.118. The second-order valence-electron chi connectivity index (χ2n) is 5.81. The minimum Gasteiger partial charge on any atom is -0.393 e.